The third kappa shape index (κ3) is 3.56. The maximum Gasteiger partial charge on any atom is 0.337 e. The Bertz CT molecular complexity index is 339. The number of nitrogens with two attached hydrogens (primary N) is 1. The summed E-state index contributed by atoms with van der Waals surface area (Å²) < 4.78 is 0. The first kappa shape index (κ1) is 14.0. The first-order chi connectivity index (χ1) is 6.66. The molecule has 0 atom stereocenters. The minimum absolute atomic E-state index is 0. The first-order valence-corrected chi connectivity index (χ1v) is 4.77. The van der Waals surface area contributed by atoms with Gasteiger partial charge in [0.05, 0.1) is 5.56 Å². The van der Waals surface area contributed by atoms with Crippen molar-refractivity contribution in [2.24, 2.45) is 0 Å². The van der Waals surface area contributed by atoms with Crippen LogP contribution in [0, 0.1) is 0 Å². The van der Waals surface area contributed by atoms with E-state index in [1.807, 2.05) is 6.07 Å². The fourth-order valence-corrected chi connectivity index (χ4v) is 1.38. The smallest absolute Gasteiger partial charge is 0.337 e. The summed E-state index contributed by atoms with van der Waals surface area (Å²) in [5.74, 6) is -0.958. The normalized spacial score (nSPS) is 9.40. The molecule has 0 aromatic heterocycles. The summed E-state index contributed by atoms with van der Waals surface area (Å²) in [5, 5.41) is 8.84. The number of para-hydroxylation sites is 1. The molecule has 3 N–H and O–H groups in total. The number of anilines is 1. The van der Waals surface area contributed by atoms with Crippen LogP contribution in [0.15, 0.2) is 18.2 Å². The molecule has 0 aliphatic carbocycles. The van der Waals surface area contributed by atoms with E-state index in [0.29, 0.717) is 5.69 Å². The summed E-state index contributed by atoms with van der Waals surface area (Å²) in [5.41, 5.74) is 7.30. The summed E-state index contributed by atoms with van der Waals surface area (Å²) in [4.78, 5) is 10.8. The van der Waals surface area contributed by atoms with Crippen molar-refractivity contribution in [1.29, 1.82) is 0 Å². The molecule has 4 heteroatoms. The van der Waals surface area contributed by atoms with Gasteiger partial charge in [0.25, 0.3) is 0 Å². The molecule has 3 nitrogen and oxygen atoms in total. The number of hydrogen-bond acceptors (Lipinski definition) is 2. The van der Waals surface area contributed by atoms with Crippen molar-refractivity contribution in [2.75, 3.05) is 5.73 Å². The summed E-state index contributed by atoms with van der Waals surface area (Å²) in [6.45, 7) is 2.09. The third-order valence-electron chi connectivity index (χ3n) is 2.23. The zero-order valence-corrected chi connectivity index (χ0v) is 9.66. The number of hydrogen-bond donors (Lipinski definition) is 2. The molecule has 0 saturated heterocycles. The predicted molar refractivity (Wildman–Crippen MR) is 56.4 cm³/mol. The molecule has 1 aromatic carbocycles. The Morgan fingerprint density at radius 3 is 2.67 bits per heavy atom. The number of carbonyl (C=O) groups is 1. The molecule has 0 spiro atoms. The van der Waals surface area contributed by atoms with Gasteiger partial charge in [-0.3, -0.25) is 0 Å². The van der Waals surface area contributed by atoms with Crippen molar-refractivity contribution in [2.45, 2.75) is 26.2 Å². The van der Waals surface area contributed by atoms with E-state index in [4.69, 9.17) is 10.8 Å². The van der Waals surface area contributed by atoms with Crippen molar-refractivity contribution in [3.63, 3.8) is 0 Å². The van der Waals surface area contributed by atoms with Crippen LogP contribution in [-0.4, -0.2) is 11.1 Å². The van der Waals surface area contributed by atoms with Gasteiger partial charge < -0.3 is 10.8 Å². The maximum absolute atomic E-state index is 10.8. The SMILES string of the molecule is CCCCc1cccc(C(=O)O)c1N.[Co]. The van der Waals surface area contributed by atoms with E-state index < -0.39 is 5.97 Å². The summed E-state index contributed by atoms with van der Waals surface area (Å²) >= 11 is 0. The van der Waals surface area contributed by atoms with Gasteiger partial charge in [-0.1, -0.05) is 25.5 Å². The zero-order chi connectivity index (χ0) is 10.6. The molecule has 1 rings (SSSR count). The van der Waals surface area contributed by atoms with Crippen LogP contribution < -0.4 is 5.73 Å². The van der Waals surface area contributed by atoms with E-state index in [2.05, 4.69) is 6.92 Å². The van der Waals surface area contributed by atoms with Crippen LogP contribution in [0.25, 0.3) is 0 Å². The Labute approximate surface area is 99.9 Å². The average molecular weight is 252 g/mol. The van der Waals surface area contributed by atoms with Crippen LogP contribution in [0.5, 0.6) is 0 Å². The van der Waals surface area contributed by atoms with Gasteiger partial charge in [-0.2, -0.15) is 0 Å². The molecular formula is C11H15CoNO2. The monoisotopic (exact) mass is 252 g/mol. The molecule has 0 unspecified atom stereocenters. The molecule has 0 heterocycles. The first-order valence-electron chi connectivity index (χ1n) is 4.77. The Kier molecular flexibility index (Phi) is 6.04. The van der Waals surface area contributed by atoms with E-state index in [1.54, 1.807) is 6.07 Å². The minimum atomic E-state index is -0.958. The minimum Gasteiger partial charge on any atom is -0.478 e. The second-order valence-corrected chi connectivity index (χ2v) is 3.29. The quantitative estimate of drug-likeness (QED) is 0.808. The van der Waals surface area contributed by atoms with E-state index >= 15 is 0 Å². The molecule has 15 heavy (non-hydrogen) atoms. The second-order valence-electron chi connectivity index (χ2n) is 3.29. The van der Waals surface area contributed by atoms with Gasteiger partial charge in [0.15, 0.2) is 0 Å². The molecule has 1 aromatic rings. The van der Waals surface area contributed by atoms with E-state index in [1.165, 1.54) is 6.07 Å². The largest absolute Gasteiger partial charge is 0.478 e. The molecule has 85 valence electrons. The van der Waals surface area contributed by atoms with Crippen molar-refractivity contribution >= 4 is 11.7 Å². The van der Waals surface area contributed by atoms with Gasteiger partial charge in [0.1, 0.15) is 0 Å². The van der Waals surface area contributed by atoms with Crippen LogP contribution in [0.4, 0.5) is 5.69 Å². The van der Waals surface area contributed by atoms with Crippen LogP contribution in [0.1, 0.15) is 35.7 Å². The van der Waals surface area contributed by atoms with Gasteiger partial charge in [0, 0.05) is 22.5 Å². The third-order valence-corrected chi connectivity index (χ3v) is 2.23. The standard InChI is InChI=1S/C11H15NO2.Co/c1-2-3-5-8-6-4-7-9(10(8)12)11(13)14;/h4,6-7H,2-3,5,12H2,1H3,(H,13,14);. The number of carboxylic acids is 1. The Balaban J connectivity index is 0.00000196. The summed E-state index contributed by atoms with van der Waals surface area (Å²) in [6.07, 6.45) is 2.97. The number of nitrogen functional groups attached to an aromatic ring is 1. The number of unbranched alkanes of at least 4 members (excludes halogenated alkanes) is 1. The number of rotatable bonds is 4. The van der Waals surface area contributed by atoms with Crippen LogP contribution >= 0.6 is 0 Å². The average Bonchev–Trinajstić information content (AvgIpc) is 2.16. The van der Waals surface area contributed by atoms with Crippen molar-refractivity contribution in [3.05, 3.63) is 29.3 Å². The van der Waals surface area contributed by atoms with E-state index in [0.717, 1.165) is 24.8 Å². The summed E-state index contributed by atoms with van der Waals surface area (Å²) in [6, 6.07) is 5.16. The molecule has 0 amide bonds. The fourth-order valence-electron chi connectivity index (χ4n) is 1.38. The van der Waals surface area contributed by atoms with Crippen LogP contribution in [0.3, 0.4) is 0 Å². The van der Waals surface area contributed by atoms with Crippen molar-refractivity contribution in [3.8, 4) is 0 Å². The number of carboxylic acid groups (broad SMARTS) is 1. The van der Waals surface area contributed by atoms with Crippen LogP contribution in [0.2, 0.25) is 0 Å². The molecule has 0 saturated carbocycles. The molecule has 0 aliphatic rings. The number of aromatic carboxylic acids is 1. The molecule has 0 aliphatic heterocycles. The topological polar surface area (TPSA) is 63.3 Å². The van der Waals surface area contributed by atoms with Crippen molar-refractivity contribution in [1.82, 2.24) is 0 Å². The summed E-state index contributed by atoms with van der Waals surface area (Å²) in [7, 11) is 0. The van der Waals surface area contributed by atoms with Gasteiger partial charge in [-0.25, -0.2) is 4.79 Å². The Morgan fingerprint density at radius 2 is 2.13 bits per heavy atom. The number of benzene rings is 1. The van der Waals surface area contributed by atoms with E-state index in [-0.39, 0.29) is 22.3 Å². The molecular weight excluding hydrogens is 237 g/mol. The Hall–Kier alpha value is -1.00. The van der Waals surface area contributed by atoms with Gasteiger partial charge in [-0.15, -0.1) is 0 Å². The molecule has 0 bridgehead atoms. The predicted octanol–water partition coefficient (Wildman–Crippen LogP) is 2.31. The van der Waals surface area contributed by atoms with Crippen LogP contribution in [-0.2, 0) is 23.2 Å². The van der Waals surface area contributed by atoms with Gasteiger partial charge in [0.2, 0.25) is 0 Å². The Morgan fingerprint density at radius 1 is 1.47 bits per heavy atom. The zero-order valence-electron chi connectivity index (χ0n) is 8.62. The van der Waals surface area contributed by atoms with Gasteiger partial charge in [-0.05, 0) is 24.5 Å². The second kappa shape index (κ2) is 6.47. The number of aryl methyl sites for hydroxylation is 1. The molecule has 0 fully saturated rings. The fraction of sp³-hybridized carbons (Fsp3) is 0.364. The van der Waals surface area contributed by atoms with Crippen molar-refractivity contribution < 1.29 is 26.7 Å². The van der Waals surface area contributed by atoms with E-state index in [9.17, 15) is 4.79 Å². The maximum atomic E-state index is 10.8. The molecule has 1 radical (unpaired) electrons. The van der Waals surface area contributed by atoms with Gasteiger partial charge >= 0.3 is 5.97 Å².